The summed E-state index contributed by atoms with van der Waals surface area (Å²) in [6.07, 6.45) is 2.40. The molecule has 1 N–H and O–H groups in total. The molecule has 0 aromatic heterocycles. The smallest absolute Gasteiger partial charge is 0.335 e. The van der Waals surface area contributed by atoms with Gasteiger partial charge in [-0.25, -0.2) is 4.79 Å². The molecule has 1 aromatic rings. The van der Waals surface area contributed by atoms with Gasteiger partial charge in [0.1, 0.15) is 0 Å². The summed E-state index contributed by atoms with van der Waals surface area (Å²) in [5.41, 5.74) is 2.14. The maximum atomic E-state index is 10.8. The molecule has 0 bridgehead atoms. The minimum absolute atomic E-state index is 0.359. The molecule has 0 spiro atoms. The van der Waals surface area contributed by atoms with Crippen LogP contribution in [0.2, 0.25) is 5.02 Å². The van der Waals surface area contributed by atoms with E-state index in [0.717, 1.165) is 11.1 Å². The lowest BCUT2D eigenvalue weighted by Gasteiger charge is -2.01. The molecule has 0 aliphatic heterocycles. The summed E-state index contributed by atoms with van der Waals surface area (Å²) < 4.78 is 0. The van der Waals surface area contributed by atoms with Crippen LogP contribution >= 0.6 is 11.6 Å². The van der Waals surface area contributed by atoms with E-state index in [0.29, 0.717) is 17.0 Å². The fourth-order valence-electron chi connectivity index (χ4n) is 1.50. The lowest BCUT2D eigenvalue weighted by Crippen LogP contribution is -1.97. The maximum Gasteiger partial charge on any atom is 0.335 e. The van der Waals surface area contributed by atoms with E-state index >= 15 is 0 Å². The van der Waals surface area contributed by atoms with E-state index in [1.54, 1.807) is 18.2 Å². The Morgan fingerprint density at radius 2 is 2.23 bits per heavy atom. The topological polar surface area (TPSA) is 37.3 Å². The number of carbonyl (C=O) groups is 1. The number of hydrogen-bond acceptors (Lipinski definition) is 1. The molecule has 13 heavy (non-hydrogen) atoms. The van der Waals surface area contributed by atoms with Crippen molar-refractivity contribution < 1.29 is 9.90 Å². The highest BCUT2D eigenvalue weighted by atomic mass is 35.5. The summed E-state index contributed by atoms with van der Waals surface area (Å²) in [6, 6.07) is 5.34. The molecule has 1 aromatic carbocycles. The number of hydrogen-bond donors (Lipinski definition) is 1. The zero-order valence-corrected chi connectivity index (χ0v) is 7.51. The molecule has 0 radical (unpaired) electrons. The summed E-state index contributed by atoms with van der Waals surface area (Å²) in [7, 11) is 0. The first-order chi connectivity index (χ1) is 6.18. The summed E-state index contributed by atoms with van der Waals surface area (Å²) in [5.74, 6) is -0.888. The van der Waals surface area contributed by atoms with Gasteiger partial charge >= 0.3 is 5.97 Å². The quantitative estimate of drug-likeness (QED) is 0.745. The summed E-state index contributed by atoms with van der Waals surface area (Å²) in [4.78, 5) is 10.8. The number of carboxylic acid groups (broad SMARTS) is 1. The Balaban J connectivity index is 2.54. The van der Waals surface area contributed by atoms with E-state index in [9.17, 15) is 4.79 Å². The van der Waals surface area contributed by atoms with Gasteiger partial charge in [-0.2, -0.15) is 0 Å². The van der Waals surface area contributed by atoms with Crippen LogP contribution in [-0.2, 0) is 11.2 Å². The van der Waals surface area contributed by atoms with Gasteiger partial charge in [-0.15, -0.1) is 0 Å². The Morgan fingerprint density at radius 3 is 2.92 bits per heavy atom. The second kappa shape index (κ2) is 2.89. The van der Waals surface area contributed by atoms with Gasteiger partial charge in [0.15, 0.2) is 0 Å². The zero-order chi connectivity index (χ0) is 9.42. The molecule has 0 unspecified atom stereocenters. The average Bonchev–Trinajstić information content (AvgIpc) is 2.46. The Bertz CT molecular complexity index is 407. The summed E-state index contributed by atoms with van der Waals surface area (Å²) in [5, 5.41) is 9.42. The fourth-order valence-corrected chi connectivity index (χ4v) is 1.67. The van der Waals surface area contributed by atoms with Crippen molar-refractivity contribution >= 4 is 23.1 Å². The van der Waals surface area contributed by atoms with Gasteiger partial charge in [0, 0.05) is 5.02 Å². The molecule has 0 amide bonds. The predicted octanol–water partition coefficient (Wildman–Crippen LogP) is 2.36. The van der Waals surface area contributed by atoms with Crippen molar-refractivity contribution in [2.75, 3.05) is 0 Å². The van der Waals surface area contributed by atoms with E-state index in [-0.39, 0.29) is 0 Å². The van der Waals surface area contributed by atoms with Crippen molar-refractivity contribution in [3.05, 3.63) is 40.4 Å². The Kier molecular flexibility index (Phi) is 1.85. The monoisotopic (exact) mass is 194 g/mol. The van der Waals surface area contributed by atoms with Crippen LogP contribution in [0.25, 0.3) is 5.57 Å². The van der Waals surface area contributed by atoms with Crippen LogP contribution in [0.5, 0.6) is 0 Å². The molecule has 0 fully saturated rings. The van der Waals surface area contributed by atoms with Gasteiger partial charge in [-0.05, 0) is 29.7 Å². The van der Waals surface area contributed by atoms with Crippen molar-refractivity contribution in [3.8, 4) is 0 Å². The number of carboxylic acids is 1. The molecule has 1 aliphatic rings. The first kappa shape index (κ1) is 8.32. The molecule has 0 atom stereocenters. The van der Waals surface area contributed by atoms with Crippen LogP contribution in [0.3, 0.4) is 0 Å². The van der Waals surface area contributed by atoms with E-state index < -0.39 is 5.97 Å². The normalized spacial score (nSPS) is 13.8. The van der Waals surface area contributed by atoms with Gasteiger partial charge in [-0.1, -0.05) is 23.7 Å². The Labute approximate surface area is 80.5 Å². The van der Waals surface area contributed by atoms with Crippen LogP contribution in [0, 0.1) is 0 Å². The van der Waals surface area contributed by atoms with Crippen molar-refractivity contribution in [1.29, 1.82) is 0 Å². The Hall–Kier alpha value is -1.28. The van der Waals surface area contributed by atoms with E-state index in [4.69, 9.17) is 16.7 Å². The number of halogens is 1. The van der Waals surface area contributed by atoms with Crippen molar-refractivity contribution in [3.63, 3.8) is 0 Å². The van der Waals surface area contributed by atoms with Crippen molar-refractivity contribution in [1.82, 2.24) is 0 Å². The summed E-state index contributed by atoms with van der Waals surface area (Å²) >= 11 is 5.77. The van der Waals surface area contributed by atoms with E-state index in [1.807, 2.05) is 6.07 Å². The summed E-state index contributed by atoms with van der Waals surface area (Å²) in [6.45, 7) is 0. The van der Waals surface area contributed by atoms with E-state index in [2.05, 4.69) is 0 Å². The number of aliphatic carboxylic acids is 1. The molecule has 2 rings (SSSR count). The van der Waals surface area contributed by atoms with Crippen molar-refractivity contribution in [2.45, 2.75) is 6.42 Å². The van der Waals surface area contributed by atoms with Gasteiger partial charge < -0.3 is 5.11 Å². The standard InChI is InChI=1S/C10H7ClO2/c11-7-3-1-6-2-4-8(10(12)13)9(6)5-7/h1,3-5H,2H2,(H,12,13). The second-order valence-corrected chi connectivity index (χ2v) is 3.36. The maximum absolute atomic E-state index is 10.8. The van der Waals surface area contributed by atoms with Crippen LogP contribution in [-0.4, -0.2) is 11.1 Å². The largest absolute Gasteiger partial charge is 0.478 e. The van der Waals surface area contributed by atoms with Crippen LogP contribution < -0.4 is 0 Å². The zero-order valence-electron chi connectivity index (χ0n) is 6.75. The molecule has 2 nitrogen and oxygen atoms in total. The third-order valence-corrected chi connectivity index (χ3v) is 2.35. The van der Waals surface area contributed by atoms with Crippen LogP contribution in [0.15, 0.2) is 24.3 Å². The third kappa shape index (κ3) is 1.33. The second-order valence-electron chi connectivity index (χ2n) is 2.93. The number of allylic oxidation sites excluding steroid dienone is 1. The minimum Gasteiger partial charge on any atom is -0.478 e. The molecular formula is C10H7ClO2. The van der Waals surface area contributed by atoms with Crippen LogP contribution in [0.4, 0.5) is 0 Å². The molecule has 66 valence electrons. The molecule has 3 heteroatoms. The average molecular weight is 195 g/mol. The first-order valence-electron chi connectivity index (χ1n) is 3.91. The van der Waals surface area contributed by atoms with Gasteiger partial charge in [0.25, 0.3) is 0 Å². The highest BCUT2D eigenvalue weighted by molar-refractivity contribution is 6.31. The number of fused-ring (bicyclic) bond motifs is 1. The highest BCUT2D eigenvalue weighted by Gasteiger charge is 2.19. The minimum atomic E-state index is -0.888. The number of benzene rings is 1. The molecule has 1 aliphatic carbocycles. The van der Waals surface area contributed by atoms with Gasteiger partial charge in [0.2, 0.25) is 0 Å². The molecular weight excluding hydrogens is 188 g/mol. The molecule has 0 saturated heterocycles. The number of rotatable bonds is 1. The van der Waals surface area contributed by atoms with Gasteiger partial charge in [0.05, 0.1) is 5.57 Å². The molecule has 0 saturated carbocycles. The molecule has 0 heterocycles. The van der Waals surface area contributed by atoms with Gasteiger partial charge in [-0.3, -0.25) is 0 Å². The van der Waals surface area contributed by atoms with E-state index in [1.165, 1.54) is 0 Å². The lowest BCUT2D eigenvalue weighted by atomic mass is 10.1. The fraction of sp³-hybridized carbons (Fsp3) is 0.100. The van der Waals surface area contributed by atoms with Crippen LogP contribution in [0.1, 0.15) is 11.1 Å². The highest BCUT2D eigenvalue weighted by Crippen LogP contribution is 2.29. The predicted molar refractivity (Wildman–Crippen MR) is 50.8 cm³/mol. The Morgan fingerprint density at radius 1 is 1.46 bits per heavy atom. The first-order valence-corrected chi connectivity index (χ1v) is 4.28. The lowest BCUT2D eigenvalue weighted by molar-refractivity contribution is -0.130. The SMILES string of the molecule is O=C(O)C1=CCc2ccc(Cl)cc21. The van der Waals surface area contributed by atoms with Crippen molar-refractivity contribution in [2.24, 2.45) is 0 Å². The third-order valence-electron chi connectivity index (χ3n) is 2.12.